The molecule has 1 nitrogen and oxygen atoms in total. The summed E-state index contributed by atoms with van der Waals surface area (Å²) in [5, 5.41) is 0. The fourth-order valence-electron chi connectivity index (χ4n) is 2.23. The molecule has 0 fully saturated rings. The van der Waals surface area contributed by atoms with Gasteiger partial charge in [-0.3, -0.25) is 4.99 Å². The van der Waals surface area contributed by atoms with E-state index in [9.17, 15) is 0 Å². The lowest BCUT2D eigenvalue weighted by Crippen LogP contribution is -1.95. The molecule has 0 aliphatic rings. The first-order valence-electron chi connectivity index (χ1n) is 7.97. The van der Waals surface area contributed by atoms with Crippen molar-refractivity contribution in [3.05, 3.63) is 53.1 Å². The van der Waals surface area contributed by atoms with Crippen molar-refractivity contribution in [3.63, 3.8) is 0 Å². The summed E-state index contributed by atoms with van der Waals surface area (Å²) in [6.45, 7) is 13.1. The van der Waals surface area contributed by atoms with Crippen molar-refractivity contribution in [1.82, 2.24) is 0 Å². The highest BCUT2D eigenvalue weighted by Crippen LogP contribution is 2.34. The molecule has 1 aromatic rings. The first kappa shape index (κ1) is 17.4. The van der Waals surface area contributed by atoms with Gasteiger partial charge in [0.05, 0.1) is 5.69 Å². The quantitative estimate of drug-likeness (QED) is 0.414. The summed E-state index contributed by atoms with van der Waals surface area (Å²) in [6.07, 6.45) is 9.40. The summed E-state index contributed by atoms with van der Waals surface area (Å²) in [7, 11) is 0. The molecule has 0 aromatic heterocycles. The Morgan fingerprint density at radius 3 is 2.14 bits per heavy atom. The summed E-state index contributed by atoms with van der Waals surface area (Å²) in [5.41, 5.74) is 4.98. The summed E-state index contributed by atoms with van der Waals surface area (Å²) < 4.78 is 0. The summed E-state index contributed by atoms with van der Waals surface area (Å²) >= 11 is 0. The molecule has 0 N–H and O–H groups in total. The summed E-state index contributed by atoms with van der Waals surface area (Å²) in [5.74, 6) is 0.972. The van der Waals surface area contributed by atoms with E-state index in [-0.39, 0.29) is 0 Å². The Labute approximate surface area is 130 Å². The van der Waals surface area contributed by atoms with Crippen LogP contribution in [-0.2, 0) is 0 Å². The van der Waals surface area contributed by atoms with Gasteiger partial charge in [0.1, 0.15) is 0 Å². The van der Waals surface area contributed by atoms with Gasteiger partial charge in [0.15, 0.2) is 0 Å². The normalized spacial score (nSPS) is 13.2. The van der Waals surface area contributed by atoms with E-state index in [4.69, 9.17) is 4.99 Å². The van der Waals surface area contributed by atoms with Gasteiger partial charge in [-0.25, -0.2) is 0 Å². The molecule has 21 heavy (non-hydrogen) atoms. The molecule has 0 atom stereocenters. The molecular formula is C20H29N. The van der Waals surface area contributed by atoms with Gasteiger partial charge >= 0.3 is 0 Å². The van der Waals surface area contributed by atoms with Crippen molar-refractivity contribution in [2.45, 2.75) is 59.8 Å². The molecule has 0 spiro atoms. The number of benzene rings is 1. The number of hydrogen-bond acceptors (Lipinski definition) is 1. The van der Waals surface area contributed by atoms with Crippen LogP contribution in [0.25, 0.3) is 0 Å². The molecule has 1 heteroatoms. The first-order chi connectivity index (χ1) is 9.97. The predicted molar refractivity (Wildman–Crippen MR) is 96.0 cm³/mol. The second-order valence-corrected chi connectivity index (χ2v) is 6.10. The monoisotopic (exact) mass is 283 g/mol. The third-order valence-corrected chi connectivity index (χ3v) is 3.47. The SMILES string of the molecule is CC/C=C\C=C(/C)C=Nc1c(C(C)C)cccc1C(C)C. The zero-order valence-electron chi connectivity index (χ0n) is 14.4. The highest BCUT2D eigenvalue weighted by Gasteiger charge is 2.12. The molecule has 0 aliphatic carbocycles. The van der Waals surface area contributed by atoms with E-state index in [1.165, 1.54) is 16.7 Å². The molecule has 1 aromatic carbocycles. The van der Waals surface area contributed by atoms with Crippen LogP contribution in [-0.4, -0.2) is 6.21 Å². The first-order valence-corrected chi connectivity index (χ1v) is 7.97. The zero-order valence-corrected chi connectivity index (χ0v) is 14.4. The Morgan fingerprint density at radius 1 is 1.10 bits per heavy atom. The van der Waals surface area contributed by atoms with Crippen LogP contribution < -0.4 is 0 Å². The van der Waals surface area contributed by atoms with Crippen molar-refractivity contribution in [1.29, 1.82) is 0 Å². The molecule has 0 heterocycles. The third-order valence-electron chi connectivity index (χ3n) is 3.47. The van der Waals surface area contributed by atoms with Gasteiger partial charge in [-0.05, 0) is 41.9 Å². The molecule has 114 valence electrons. The maximum Gasteiger partial charge on any atom is 0.0698 e. The Hall–Kier alpha value is -1.63. The van der Waals surface area contributed by atoms with Gasteiger partial charge in [-0.2, -0.15) is 0 Å². The average Bonchev–Trinajstić information content (AvgIpc) is 2.44. The smallest absolute Gasteiger partial charge is 0.0698 e. The second-order valence-electron chi connectivity index (χ2n) is 6.10. The van der Waals surface area contributed by atoms with Crippen LogP contribution >= 0.6 is 0 Å². The second kappa shape index (κ2) is 8.61. The lowest BCUT2D eigenvalue weighted by atomic mass is 9.93. The predicted octanol–water partition coefficient (Wildman–Crippen LogP) is 6.55. The minimum Gasteiger partial charge on any atom is -0.256 e. The molecule has 0 saturated carbocycles. The van der Waals surface area contributed by atoms with Crippen LogP contribution in [0.15, 0.2) is 47.0 Å². The Balaban J connectivity index is 3.16. The van der Waals surface area contributed by atoms with Gasteiger partial charge in [0.25, 0.3) is 0 Å². The van der Waals surface area contributed by atoms with Crippen LogP contribution in [0.1, 0.15) is 70.9 Å². The standard InChI is InChI=1S/C20H29N/c1-7-8-9-11-17(6)14-21-20-18(15(2)3)12-10-13-19(20)16(4)5/h8-16H,7H2,1-6H3/b9-8-,17-11+,21-14?. The Morgan fingerprint density at radius 2 is 1.67 bits per heavy atom. The van der Waals surface area contributed by atoms with Crippen LogP contribution in [0.4, 0.5) is 5.69 Å². The third kappa shape index (κ3) is 5.34. The van der Waals surface area contributed by atoms with E-state index in [0.29, 0.717) is 11.8 Å². The Kier molecular flexibility index (Phi) is 7.14. The molecule has 0 amide bonds. The van der Waals surface area contributed by atoms with Gasteiger partial charge < -0.3 is 0 Å². The number of hydrogen-bond donors (Lipinski definition) is 0. The topological polar surface area (TPSA) is 12.4 Å². The highest BCUT2D eigenvalue weighted by atomic mass is 14.7. The molecular weight excluding hydrogens is 254 g/mol. The number of rotatable bonds is 6. The molecule has 1 rings (SSSR count). The van der Waals surface area contributed by atoms with Crippen molar-refractivity contribution < 1.29 is 0 Å². The molecule has 0 bridgehead atoms. The van der Waals surface area contributed by atoms with Crippen LogP contribution in [0, 0.1) is 0 Å². The molecule has 0 saturated heterocycles. The van der Waals surface area contributed by atoms with Gasteiger partial charge in [-0.15, -0.1) is 0 Å². The maximum absolute atomic E-state index is 4.80. The van der Waals surface area contributed by atoms with Crippen molar-refractivity contribution >= 4 is 11.9 Å². The summed E-state index contributed by atoms with van der Waals surface area (Å²) in [6, 6.07) is 6.54. The van der Waals surface area contributed by atoms with Crippen molar-refractivity contribution in [2.75, 3.05) is 0 Å². The van der Waals surface area contributed by atoms with E-state index >= 15 is 0 Å². The maximum atomic E-state index is 4.80. The molecule has 0 aliphatic heterocycles. The minimum atomic E-state index is 0.486. The van der Waals surface area contributed by atoms with E-state index in [1.807, 2.05) is 6.21 Å². The summed E-state index contributed by atoms with van der Waals surface area (Å²) in [4.78, 5) is 4.80. The Bertz CT molecular complexity index is 505. The molecule has 0 radical (unpaired) electrons. The fraction of sp³-hybridized carbons (Fsp3) is 0.450. The largest absolute Gasteiger partial charge is 0.256 e. The van der Waals surface area contributed by atoms with Crippen molar-refractivity contribution in [2.24, 2.45) is 4.99 Å². The van der Waals surface area contributed by atoms with Crippen LogP contribution in [0.2, 0.25) is 0 Å². The van der Waals surface area contributed by atoms with Crippen molar-refractivity contribution in [3.8, 4) is 0 Å². The number of nitrogens with zero attached hydrogens (tertiary/aromatic N) is 1. The zero-order chi connectivity index (χ0) is 15.8. The average molecular weight is 283 g/mol. The molecule has 0 unspecified atom stereocenters. The van der Waals surface area contributed by atoms with Gasteiger partial charge in [-0.1, -0.05) is 71.0 Å². The lowest BCUT2D eigenvalue weighted by Gasteiger charge is -2.16. The van der Waals surface area contributed by atoms with Crippen LogP contribution in [0.3, 0.4) is 0 Å². The van der Waals surface area contributed by atoms with E-state index in [2.05, 4.69) is 78.0 Å². The highest BCUT2D eigenvalue weighted by molar-refractivity contribution is 5.81. The van der Waals surface area contributed by atoms with E-state index < -0.39 is 0 Å². The van der Waals surface area contributed by atoms with Gasteiger partial charge in [0.2, 0.25) is 0 Å². The van der Waals surface area contributed by atoms with E-state index in [0.717, 1.165) is 12.1 Å². The number of aliphatic imine (C=N–C) groups is 1. The number of para-hydroxylation sites is 1. The number of allylic oxidation sites excluding steroid dienone is 4. The lowest BCUT2D eigenvalue weighted by molar-refractivity contribution is 0.835. The fourth-order valence-corrected chi connectivity index (χ4v) is 2.23. The van der Waals surface area contributed by atoms with E-state index in [1.54, 1.807) is 0 Å². The minimum absolute atomic E-state index is 0.486. The van der Waals surface area contributed by atoms with Gasteiger partial charge in [0, 0.05) is 6.21 Å². The van der Waals surface area contributed by atoms with Crippen LogP contribution in [0.5, 0.6) is 0 Å².